The Bertz CT molecular complexity index is 1270. The van der Waals surface area contributed by atoms with Crippen molar-refractivity contribution >= 4 is 23.4 Å². The monoisotopic (exact) mass is 507 g/mol. The van der Waals surface area contributed by atoms with Gasteiger partial charge in [0.25, 0.3) is 0 Å². The van der Waals surface area contributed by atoms with Gasteiger partial charge in [-0.3, -0.25) is 4.98 Å². The lowest BCUT2D eigenvalue weighted by molar-refractivity contribution is 0.0205. The zero-order chi connectivity index (χ0) is 25.9. The fourth-order valence-electron chi connectivity index (χ4n) is 4.27. The lowest BCUT2D eigenvalue weighted by atomic mass is 9.90. The van der Waals surface area contributed by atoms with Gasteiger partial charge in [-0.1, -0.05) is 17.7 Å². The minimum atomic E-state index is -0.530. The number of carbonyl (C=O) groups excluding carboxylic acids is 1. The van der Waals surface area contributed by atoms with E-state index in [4.69, 9.17) is 26.8 Å². The van der Waals surface area contributed by atoms with Crippen LogP contribution in [0.5, 0.6) is 5.75 Å². The van der Waals surface area contributed by atoms with Crippen LogP contribution in [0.25, 0.3) is 5.69 Å². The summed E-state index contributed by atoms with van der Waals surface area (Å²) in [5.41, 5.74) is 9.13. The Balaban J connectivity index is 1.49. The van der Waals surface area contributed by atoms with E-state index >= 15 is 0 Å². The largest absolute Gasteiger partial charge is 0.486 e. The standard InChI is InChI=1S/C27H30ClN5O3/c1-27(2,3)36-26(34)32-12-9-18(10-13-32)21-16-33(23(15-29)25(21)30)20-7-8-24(22(28)14-20)35-17-19-6-4-5-11-31-19/h4-8,11,14,16,18H,9-10,12-13,17,30H2,1-3H3. The summed E-state index contributed by atoms with van der Waals surface area (Å²) in [4.78, 5) is 18.4. The molecule has 36 heavy (non-hydrogen) atoms. The molecule has 1 aliphatic rings. The molecule has 0 spiro atoms. The van der Waals surface area contributed by atoms with Gasteiger partial charge in [0, 0.05) is 31.2 Å². The topological polar surface area (TPSA) is 106 Å². The van der Waals surface area contributed by atoms with Crippen LogP contribution in [0.15, 0.2) is 48.8 Å². The van der Waals surface area contributed by atoms with E-state index in [0.29, 0.717) is 47.5 Å². The van der Waals surface area contributed by atoms with Gasteiger partial charge in [0.15, 0.2) is 0 Å². The molecule has 1 saturated heterocycles. The number of nitrogens with two attached hydrogens (primary N) is 1. The van der Waals surface area contributed by atoms with E-state index in [-0.39, 0.29) is 12.0 Å². The highest BCUT2D eigenvalue weighted by Crippen LogP contribution is 2.37. The molecule has 9 heteroatoms. The molecule has 188 valence electrons. The minimum Gasteiger partial charge on any atom is -0.486 e. The van der Waals surface area contributed by atoms with Crippen LogP contribution in [0.1, 0.15) is 56.5 Å². The summed E-state index contributed by atoms with van der Waals surface area (Å²) in [6.45, 7) is 7.01. The van der Waals surface area contributed by atoms with Crippen LogP contribution in [-0.2, 0) is 11.3 Å². The van der Waals surface area contributed by atoms with E-state index in [1.165, 1.54) is 0 Å². The van der Waals surface area contributed by atoms with Gasteiger partial charge >= 0.3 is 6.09 Å². The smallest absolute Gasteiger partial charge is 0.410 e. The lowest BCUT2D eigenvalue weighted by Gasteiger charge is -2.33. The van der Waals surface area contributed by atoms with Gasteiger partial charge < -0.3 is 24.7 Å². The van der Waals surface area contributed by atoms with E-state index in [1.54, 1.807) is 27.8 Å². The molecule has 2 N–H and O–H groups in total. The highest BCUT2D eigenvalue weighted by molar-refractivity contribution is 6.32. The molecule has 4 rings (SSSR count). The predicted molar refractivity (Wildman–Crippen MR) is 138 cm³/mol. The number of pyridine rings is 1. The Labute approximate surface area is 216 Å². The molecule has 0 saturated carbocycles. The number of nitrogen functional groups attached to an aromatic ring is 1. The van der Waals surface area contributed by atoms with Gasteiger partial charge in [-0.2, -0.15) is 5.26 Å². The molecule has 1 aromatic carbocycles. The van der Waals surface area contributed by atoms with E-state index < -0.39 is 5.60 Å². The van der Waals surface area contributed by atoms with Crippen LogP contribution in [0, 0.1) is 11.3 Å². The Morgan fingerprint density at radius 1 is 1.25 bits per heavy atom. The summed E-state index contributed by atoms with van der Waals surface area (Å²) < 4.78 is 13.1. The molecule has 2 aromatic heterocycles. The molecular formula is C27H30ClN5O3. The second kappa shape index (κ2) is 10.5. The normalized spacial score (nSPS) is 14.4. The van der Waals surface area contributed by atoms with Gasteiger partial charge in [-0.05, 0) is 75.4 Å². The number of nitriles is 1. The maximum absolute atomic E-state index is 12.4. The molecule has 1 amide bonds. The first-order chi connectivity index (χ1) is 17.2. The van der Waals surface area contributed by atoms with E-state index in [1.807, 2.05) is 51.2 Å². The SMILES string of the molecule is CC(C)(C)OC(=O)N1CCC(c2cn(-c3ccc(OCc4ccccn4)c(Cl)c3)c(C#N)c2N)CC1. The number of halogens is 1. The summed E-state index contributed by atoms with van der Waals surface area (Å²) in [6.07, 6.45) is 4.78. The van der Waals surface area contributed by atoms with Crippen molar-refractivity contribution in [2.75, 3.05) is 18.8 Å². The number of anilines is 1. The van der Waals surface area contributed by atoms with Crippen molar-refractivity contribution in [3.05, 3.63) is 70.8 Å². The van der Waals surface area contributed by atoms with Crippen LogP contribution < -0.4 is 10.5 Å². The fraction of sp³-hybridized carbons (Fsp3) is 0.370. The molecule has 0 unspecified atom stereocenters. The molecule has 0 atom stereocenters. The highest BCUT2D eigenvalue weighted by Gasteiger charge is 2.30. The van der Waals surface area contributed by atoms with Crippen molar-refractivity contribution in [3.63, 3.8) is 0 Å². The summed E-state index contributed by atoms with van der Waals surface area (Å²) in [6, 6.07) is 13.2. The van der Waals surface area contributed by atoms with E-state index in [0.717, 1.165) is 24.1 Å². The molecule has 0 radical (unpaired) electrons. The number of likely N-dealkylation sites (tertiary alicyclic amines) is 1. The molecule has 0 aliphatic carbocycles. The first-order valence-corrected chi connectivity index (χ1v) is 12.3. The van der Waals surface area contributed by atoms with Crippen LogP contribution in [0.2, 0.25) is 5.02 Å². The first kappa shape index (κ1) is 25.4. The molecule has 1 fully saturated rings. The van der Waals surface area contributed by atoms with Crippen molar-refractivity contribution in [2.45, 2.75) is 51.7 Å². The number of hydrogen-bond donors (Lipinski definition) is 1. The molecule has 8 nitrogen and oxygen atoms in total. The Morgan fingerprint density at radius 2 is 2.00 bits per heavy atom. The van der Waals surface area contributed by atoms with Gasteiger partial charge in [0.2, 0.25) is 0 Å². The summed E-state index contributed by atoms with van der Waals surface area (Å²) in [5, 5.41) is 10.3. The third kappa shape index (κ3) is 5.74. The molecule has 3 heterocycles. The number of amides is 1. The second-order valence-corrected chi connectivity index (χ2v) is 10.2. The van der Waals surface area contributed by atoms with Gasteiger partial charge in [-0.15, -0.1) is 0 Å². The second-order valence-electron chi connectivity index (χ2n) is 9.79. The third-order valence-corrected chi connectivity index (χ3v) is 6.36. The zero-order valence-corrected chi connectivity index (χ0v) is 21.5. The maximum atomic E-state index is 12.4. The maximum Gasteiger partial charge on any atom is 0.410 e. The van der Waals surface area contributed by atoms with Gasteiger partial charge in [0.05, 0.1) is 16.4 Å². The van der Waals surface area contributed by atoms with Crippen LogP contribution >= 0.6 is 11.6 Å². The Kier molecular flexibility index (Phi) is 7.41. The number of carbonyl (C=O) groups is 1. The third-order valence-electron chi connectivity index (χ3n) is 6.06. The van der Waals surface area contributed by atoms with Crippen LogP contribution in [-0.4, -0.2) is 39.2 Å². The van der Waals surface area contributed by atoms with E-state index in [2.05, 4.69) is 11.1 Å². The number of nitrogens with zero attached hydrogens (tertiary/aromatic N) is 4. The van der Waals surface area contributed by atoms with Crippen molar-refractivity contribution in [1.82, 2.24) is 14.5 Å². The summed E-state index contributed by atoms with van der Waals surface area (Å²) in [5.74, 6) is 0.660. The number of ether oxygens (including phenoxy) is 2. The molecule has 0 bridgehead atoms. The van der Waals surface area contributed by atoms with Gasteiger partial charge in [-0.25, -0.2) is 4.79 Å². The zero-order valence-electron chi connectivity index (χ0n) is 20.7. The van der Waals surface area contributed by atoms with Gasteiger partial charge in [0.1, 0.15) is 29.7 Å². The minimum absolute atomic E-state index is 0.133. The lowest BCUT2D eigenvalue weighted by Crippen LogP contribution is -2.41. The highest BCUT2D eigenvalue weighted by atomic mass is 35.5. The molecule has 1 aliphatic heterocycles. The molecule has 3 aromatic rings. The van der Waals surface area contributed by atoms with Crippen molar-refractivity contribution in [3.8, 4) is 17.5 Å². The Hall–Kier alpha value is -3.70. The predicted octanol–water partition coefficient (Wildman–Crippen LogP) is 5.67. The average molecular weight is 508 g/mol. The molecular weight excluding hydrogens is 478 g/mol. The number of hydrogen-bond acceptors (Lipinski definition) is 6. The first-order valence-electron chi connectivity index (χ1n) is 11.9. The van der Waals surface area contributed by atoms with Crippen LogP contribution in [0.3, 0.4) is 0 Å². The quantitative estimate of drug-likeness (QED) is 0.476. The Morgan fingerprint density at radius 3 is 2.61 bits per heavy atom. The number of rotatable bonds is 5. The van der Waals surface area contributed by atoms with Crippen molar-refractivity contribution < 1.29 is 14.3 Å². The number of benzene rings is 1. The van der Waals surface area contributed by atoms with Crippen molar-refractivity contribution in [1.29, 1.82) is 5.26 Å². The summed E-state index contributed by atoms with van der Waals surface area (Å²) in [7, 11) is 0. The van der Waals surface area contributed by atoms with Crippen molar-refractivity contribution in [2.24, 2.45) is 0 Å². The number of aromatic nitrogens is 2. The fourth-order valence-corrected chi connectivity index (χ4v) is 4.50. The summed E-state index contributed by atoms with van der Waals surface area (Å²) >= 11 is 6.51. The number of piperidine rings is 1. The van der Waals surface area contributed by atoms with Crippen LogP contribution in [0.4, 0.5) is 10.5 Å². The van der Waals surface area contributed by atoms with E-state index in [9.17, 15) is 10.1 Å². The average Bonchev–Trinajstić information content (AvgIpc) is 3.19.